The number of carbonyl (C=O) groups is 2. The second-order valence-corrected chi connectivity index (χ2v) is 7.17. The van der Waals surface area contributed by atoms with E-state index in [0.717, 1.165) is 5.56 Å². The number of imide groups is 1. The molecule has 1 aromatic heterocycles. The van der Waals surface area contributed by atoms with Crippen LogP contribution < -0.4 is 9.47 Å². The smallest absolute Gasteiger partial charge is 0.233 e. The molecule has 1 aromatic carbocycles. The Bertz CT molecular complexity index is 926. The summed E-state index contributed by atoms with van der Waals surface area (Å²) in [5, 5.41) is 4.02. The fourth-order valence-electron chi connectivity index (χ4n) is 3.93. The Morgan fingerprint density at radius 1 is 1.07 bits per heavy atom. The number of hydrogen-bond acceptors (Lipinski definition) is 7. The zero-order chi connectivity index (χ0) is 20.4. The first kappa shape index (κ1) is 19.2. The first-order chi connectivity index (χ1) is 14.1. The molecule has 8 heteroatoms. The lowest BCUT2D eigenvalue weighted by Gasteiger charge is -2.14. The number of methoxy groups -OCH3 is 2. The predicted molar refractivity (Wildman–Crippen MR) is 103 cm³/mol. The first-order valence-corrected chi connectivity index (χ1v) is 9.67. The number of rotatable bonds is 7. The minimum Gasteiger partial charge on any atom is -0.493 e. The number of allylic oxidation sites excluding steroid dienone is 2. The molecule has 0 spiro atoms. The Labute approximate surface area is 168 Å². The Kier molecular flexibility index (Phi) is 5.33. The van der Waals surface area contributed by atoms with E-state index < -0.39 is 0 Å². The van der Waals surface area contributed by atoms with E-state index >= 15 is 0 Å². The average Bonchev–Trinajstić information content (AvgIpc) is 3.32. The molecule has 2 atom stereocenters. The topological polar surface area (TPSA) is 94.8 Å². The molecule has 2 amide bonds. The van der Waals surface area contributed by atoms with E-state index in [9.17, 15) is 9.59 Å². The summed E-state index contributed by atoms with van der Waals surface area (Å²) in [7, 11) is 3.14. The van der Waals surface area contributed by atoms with E-state index in [2.05, 4.69) is 10.1 Å². The highest BCUT2D eigenvalue weighted by atomic mass is 16.5. The standard InChI is InChI=1S/C21H23N3O5/c1-27-16-10-9-13(12-17(16)28-2)19-22-18(29-23-19)8-5-11-24-20(25)14-6-3-4-7-15(14)21(24)26/h3-4,9-10,12,14-15H,5-8,11H2,1-2H3/t14-,15-/m1/s1. The fraction of sp³-hybridized carbons (Fsp3) is 0.429. The van der Waals surface area contributed by atoms with Crippen molar-refractivity contribution >= 4 is 11.8 Å². The third-order valence-electron chi connectivity index (χ3n) is 5.48. The summed E-state index contributed by atoms with van der Waals surface area (Å²) in [5.74, 6) is 1.63. The number of carbonyl (C=O) groups excluding carboxylic acids is 2. The highest BCUT2D eigenvalue weighted by molar-refractivity contribution is 6.05. The summed E-state index contributed by atoms with van der Waals surface area (Å²) in [6, 6.07) is 5.39. The molecular formula is C21H23N3O5. The van der Waals surface area contributed by atoms with E-state index in [0.29, 0.717) is 55.4 Å². The van der Waals surface area contributed by atoms with Gasteiger partial charge in [-0.1, -0.05) is 17.3 Å². The van der Waals surface area contributed by atoms with Crippen LogP contribution in [0, 0.1) is 11.8 Å². The van der Waals surface area contributed by atoms with Crippen LogP contribution in [0.15, 0.2) is 34.9 Å². The number of fused-ring (bicyclic) bond motifs is 1. The Hall–Kier alpha value is -3.16. The van der Waals surface area contributed by atoms with E-state index in [1.807, 2.05) is 18.2 Å². The predicted octanol–water partition coefficient (Wildman–Crippen LogP) is 2.64. The van der Waals surface area contributed by atoms with Gasteiger partial charge in [0, 0.05) is 18.5 Å². The van der Waals surface area contributed by atoms with Crippen molar-refractivity contribution in [3.05, 3.63) is 36.2 Å². The zero-order valence-corrected chi connectivity index (χ0v) is 16.5. The molecule has 0 saturated carbocycles. The number of amides is 2. The van der Waals surface area contributed by atoms with Crippen LogP contribution in [-0.4, -0.2) is 47.6 Å². The lowest BCUT2D eigenvalue weighted by molar-refractivity contribution is -0.139. The molecule has 4 rings (SSSR count). The quantitative estimate of drug-likeness (QED) is 0.523. The molecule has 0 unspecified atom stereocenters. The maximum atomic E-state index is 12.5. The maximum Gasteiger partial charge on any atom is 0.233 e. The van der Waals surface area contributed by atoms with Gasteiger partial charge in [-0.2, -0.15) is 4.98 Å². The zero-order valence-electron chi connectivity index (χ0n) is 16.5. The van der Waals surface area contributed by atoms with Gasteiger partial charge in [-0.3, -0.25) is 14.5 Å². The van der Waals surface area contributed by atoms with Gasteiger partial charge in [0.2, 0.25) is 23.5 Å². The van der Waals surface area contributed by atoms with E-state index in [4.69, 9.17) is 14.0 Å². The summed E-state index contributed by atoms with van der Waals surface area (Å²) in [5.41, 5.74) is 0.749. The van der Waals surface area contributed by atoms with Crippen molar-refractivity contribution in [3.8, 4) is 22.9 Å². The number of nitrogens with zero attached hydrogens (tertiary/aromatic N) is 3. The van der Waals surface area contributed by atoms with Crippen LogP contribution >= 0.6 is 0 Å². The van der Waals surface area contributed by atoms with Crippen LogP contribution in [0.2, 0.25) is 0 Å². The molecule has 1 aliphatic carbocycles. The van der Waals surface area contributed by atoms with Crippen LogP contribution in [0.25, 0.3) is 11.4 Å². The number of aryl methyl sites for hydroxylation is 1. The van der Waals surface area contributed by atoms with Crippen LogP contribution in [-0.2, 0) is 16.0 Å². The molecule has 8 nitrogen and oxygen atoms in total. The summed E-state index contributed by atoms with van der Waals surface area (Å²) < 4.78 is 15.9. The van der Waals surface area contributed by atoms with Gasteiger partial charge in [-0.15, -0.1) is 0 Å². The molecule has 152 valence electrons. The summed E-state index contributed by atoms with van der Waals surface area (Å²) in [4.78, 5) is 30.8. The van der Waals surface area contributed by atoms with Gasteiger partial charge in [0.1, 0.15) is 0 Å². The second kappa shape index (κ2) is 8.06. The van der Waals surface area contributed by atoms with Crippen molar-refractivity contribution < 1.29 is 23.6 Å². The van der Waals surface area contributed by atoms with Crippen molar-refractivity contribution in [2.45, 2.75) is 25.7 Å². The van der Waals surface area contributed by atoms with Crippen LogP contribution in [0.4, 0.5) is 0 Å². The van der Waals surface area contributed by atoms with Gasteiger partial charge in [0.25, 0.3) is 0 Å². The highest BCUT2D eigenvalue weighted by Gasteiger charge is 2.46. The fourth-order valence-corrected chi connectivity index (χ4v) is 3.93. The van der Waals surface area contributed by atoms with Gasteiger partial charge in [0.05, 0.1) is 26.1 Å². The van der Waals surface area contributed by atoms with Gasteiger partial charge >= 0.3 is 0 Å². The molecule has 1 saturated heterocycles. The summed E-state index contributed by atoms with van der Waals surface area (Å²) in [6.45, 7) is 0.374. The minimum atomic E-state index is -0.187. The molecule has 2 heterocycles. The van der Waals surface area contributed by atoms with E-state index in [1.54, 1.807) is 26.4 Å². The molecule has 29 heavy (non-hydrogen) atoms. The van der Waals surface area contributed by atoms with E-state index in [1.165, 1.54) is 4.90 Å². The SMILES string of the molecule is COc1ccc(-c2noc(CCCN3C(=O)[C@@H]4CC=CC[C@H]4C3=O)n2)cc1OC. The molecule has 2 aliphatic rings. The van der Waals surface area contributed by atoms with Crippen LogP contribution in [0.3, 0.4) is 0 Å². The third-order valence-corrected chi connectivity index (χ3v) is 5.48. The lowest BCUT2D eigenvalue weighted by Crippen LogP contribution is -2.32. The number of aromatic nitrogens is 2. The van der Waals surface area contributed by atoms with Crippen LogP contribution in [0.1, 0.15) is 25.2 Å². The average molecular weight is 397 g/mol. The minimum absolute atomic E-state index is 0.0547. The molecule has 2 aromatic rings. The number of ether oxygens (including phenoxy) is 2. The van der Waals surface area contributed by atoms with Gasteiger partial charge in [0.15, 0.2) is 11.5 Å². The number of hydrogen-bond donors (Lipinski definition) is 0. The van der Waals surface area contributed by atoms with Gasteiger partial charge in [-0.25, -0.2) is 0 Å². The number of benzene rings is 1. The molecule has 1 fully saturated rings. The third kappa shape index (κ3) is 3.62. The van der Waals surface area contributed by atoms with Crippen molar-refractivity contribution in [2.75, 3.05) is 20.8 Å². The van der Waals surface area contributed by atoms with Crippen molar-refractivity contribution in [1.82, 2.24) is 15.0 Å². The maximum absolute atomic E-state index is 12.5. The lowest BCUT2D eigenvalue weighted by atomic mass is 9.85. The molecule has 1 aliphatic heterocycles. The molecular weight excluding hydrogens is 374 g/mol. The van der Waals surface area contributed by atoms with Crippen LogP contribution in [0.5, 0.6) is 11.5 Å². The largest absolute Gasteiger partial charge is 0.493 e. The highest BCUT2D eigenvalue weighted by Crippen LogP contribution is 2.35. The normalized spacial score (nSPS) is 20.8. The first-order valence-electron chi connectivity index (χ1n) is 9.67. The van der Waals surface area contributed by atoms with Gasteiger partial charge < -0.3 is 14.0 Å². The van der Waals surface area contributed by atoms with Crippen molar-refractivity contribution in [1.29, 1.82) is 0 Å². The Balaban J connectivity index is 1.37. The summed E-state index contributed by atoms with van der Waals surface area (Å²) >= 11 is 0. The van der Waals surface area contributed by atoms with Gasteiger partial charge in [-0.05, 0) is 37.5 Å². The number of likely N-dealkylation sites (tertiary alicyclic amines) is 1. The monoisotopic (exact) mass is 397 g/mol. The molecule has 0 bridgehead atoms. The van der Waals surface area contributed by atoms with Crippen molar-refractivity contribution in [3.63, 3.8) is 0 Å². The molecule has 0 N–H and O–H groups in total. The Morgan fingerprint density at radius 3 is 2.41 bits per heavy atom. The Morgan fingerprint density at radius 2 is 1.76 bits per heavy atom. The second-order valence-electron chi connectivity index (χ2n) is 7.17. The molecule has 0 radical (unpaired) electrons. The summed E-state index contributed by atoms with van der Waals surface area (Å²) in [6.07, 6.45) is 6.37. The van der Waals surface area contributed by atoms with E-state index in [-0.39, 0.29) is 23.7 Å². The van der Waals surface area contributed by atoms with Crippen molar-refractivity contribution in [2.24, 2.45) is 11.8 Å².